The molecule has 0 radical (unpaired) electrons. The third kappa shape index (κ3) is 4.92. The molecule has 0 aliphatic heterocycles. The number of thioether (sulfide) groups is 1. The van der Waals surface area contributed by atoms with Gasteiger partial charge < -0.3 is 25.4 Å². The summed E-state index contributed by atoms with van der Waals surface area (Å²) in [5, 5.41) is 41.0. The molecule has 36 heavy (non-hydrogen) atoms. The van der Waals surface area contributed by atoms with Crippen molar-refractivity contribution in [2.45, 2.75) is 74.4 Å². The van der Waals surface area contributed by atoms with Gasteiger partial charge in [-0.05, 0) is 36.9 Å². The molecule has 0 unspecified atom stereocenters. The SMILES string of the molecule is [2H]c1c([2H])c([C@]2([2H])C[C@@]2([2H])Nc2nc(SC([2H])([2H])CC)nc3c2nnn3[C@]2([2H])C([2H])([2H])[C@]([2H])(OC([2H])([2H])CO)[C@@]([2H])(O)[C@@]2([2H])O)c([2H])c(F)c1C. The van der Waals surface area contributed by atoms with Crippen LogP contribution in [0.4, 0.5) is 10.2 Å². The first-order chi connectivity index (χ1) is 23.0. The van der Waals surface area contributed by atoms with Crippen molar-refractivity contribution in [1.29, 1.82) is 0 Å². The highest BCUT2D eigenvalue weighted by atomic mass is 32.2. The van der Waals surface area contributed by atoms with Crippen LogP contribution in [0.2, 0.25) is 0 Å². The molecule has 2 saturated carbocycles. The number of hydrogen-bond donors (Lipinski definition) is 4. The number of halogens is 1. The van der Waals surface area contributed by atoms with Crippen molar-refractivity contribution in [3.8, 4) is 0 Å². The van der Waals surface area contributed by atoms with Gasteiger partial charge in [0.15, 0.2) is 22.1 Å². The van der Waals surface area contributed by atoms with E-state index in [-0.39, 0.29) is 16.7 Å². The van der Waals surface area contributed by atoms with Crippen LogP contribution in [0.1, 0.15) is 69.7 Å². The number of aromatic nitrogens is 5. The average Bonchev–Trinajstić information content (AvgIpc) is 3.30. The van der Waals surface area contributed by atoms with Crippen LogP contribution in [0.15, 0.2) is 23.3 Å². The van der Waals surface area contributed by atoms with Gasteiger partial charge >= 0.3 is 0 Å². The Kier molecular flexibility index (Phi) is 3.78. The molecule has 3 aromatic rings. The molecule has 2 aliphatic rings. The molecule has 2 fully saturated rings. The van der Waals surface area contributed by atoms with Crippen molar-refractivity contribution in [2.75, 3.05) is 24.2 Å². The highest BCUT2D eigenvalue weighted by molar-refractivity contribution is 7.99. The Balaban J connectivity index is 1.73. The van der Waals surface area contributed by atoms with Gasteiger partial charge in [-0.2, -0.15) is 0 Å². The highest BCUT2D eigenvalue weighted by Crippen LogP contribution is 2.44. The Bertz CT molecular complexity index is 1910. The van der Waals surface area contributed by atoms with Gasteiger partial charge in [0, 0.05) is 30.8 Å². The molecule has 194 valence electrons. The Labute approximate surface area is 233 Å². The number of nitrogens with one attached hydrogen (secondary N) is 1. The molecular formula is C24H31FN6O4S. The lowest BCUT2D eigenvalue weighted by atomic mass is 10.1. The second kappa shape index (κ2) is 10.5. The topological polar surface area (TPSA) is 138 Å². The first-order valence-corrected chi connectivity index (χ1v) is 11.4. The molecule has 2 aromatic heterocycles. The molecule has 2 aliphatic carbocycles. The maximum atomic E-state index is 14.8. The van der Waals surface area contributed by atoms with E-state index in [4.69, 9.17) is 20.6 Å². The molecule has 12 heteroatoms. The summed E-state index contributed by atoms with van der Waals surface area (Å²) in [7, 11) is 0. The lowest BCUT2D eigenvalue weighted by molar-refractivity contribution is -0.0629. The van der Waals surface area contributed by atoms with Crippen LogP contribution < -0.4 is 5.32 Å². The van der Waals surface area contributed by atoms with Gasteiger partial charge in [0.2, 0.25) is 0 Å². The molecule has 6 atom stereocenters. The van der Waals surface area contributed by atoms with Crippen molar-refractivity contribution < 1.29 is 45.0 Å². The smallest absolute Gasteiger partial charge is 0.191 e. The second-order valence-electron chi connectivity index (χ2n) is 7.48. The fourth-order valence-corrected chi connectivity index (χ4v) is 3.77. The first-order valence-electron chi connectivity index (χ1n) is 18.1. The van der Waals surface area contributed by atoms with Gasteiger partial charge in [0.1, 0.15) is 18.0 Å². The number of rotatable bonds is 10. The maximum Gasteiger partial charge on any atom is 0.191 e. The molecule has 0 saturated heterocycles. The van der Waals surface area contributed by atoms with E-state index in [9.17, 15) is 19.7 Å². The number of benzene rings is 1. The number of anilines is 1. The first kappa shape index (κ1) is 12.9. The maximum absolute atomic E-state index is 14.8. The van der Waals surface area contributed by atoms with E-state index in [1.165, 1.54) is 13.8 Å². The van der Waals surface area contributed by atoms with Crippen molar-refractivity contribution in [2.24, 2.45) is 0 Å². The minimum atomic E-state index is -4.22. The summed E-state index contributed by atoms with van der Waals surface area (Å²) in [5.41, 5.74) is -4.46. The minimum Gasteiger partial charge on any atom is -0.394 e. The second-order valence-corrected chi connectivity index (χ2v) is 8.34. The summed E-state index contributed by atoms with van der Waals surface area (Å²) in [6.07, 6.45) is -17.2. The van der Waals surface area contributed by atoms with Gasteiger partial charge in [-0.15, -0.1) is 5.10 Å². The van der Waals surface area contributed by atoms with Gasteiger partial charge in [-0.3, -0.25) is 0 Å². The van der Waals surface area contributed by atoms with Crippen LogP contribution in [0.25, 0.3) is 11.2 Å². The van der Waals surface area contributed by atoms with Crippen LogP contribution >= 0.6 is 11.8 Å². The van der Waals surface area contributed by atoms with E-state index in [0.717, 1.165) is 0 Å². The number of aliphatic hydroxyl groups excluding tert-OH is 1. The molecule has 4 N–H and O–H groups in total. The lowest BCUT2D eigenvalue weighted by Crippen LogP contribution is -2.33. The van der Waals surface area contributed by atoms with Gasteiger partial charge in [-0.25, -0.2) is 19.0 Å². The Morgan fingerprint density at radius 1 is 1.39 bits per heavy atom. The molecule has 5 rings (SSSR count). The van der Waals surface area contributed by atoms with Gasteiger partial charge in [-0.1, -0.05) is 36.0 Å². The normalized spacial score (nSPS) is 48.1. The Morgan fingerprint density at radius 2 is 2.22 bits per heavy atom. The third-order valence-electron chi connectivity index (χ3n) is 5.04. The zero-order chi connectivity index (χ0) is 38.9. The monoisotopic (exact) mass is 533 g/mol. The lowest BCUT2D eigenvalue weighted by Gasteiger charge is -2.17. The molecule has 1 aromatic carbocycles. The number of nitrogens with zero attached hydrogens (tertiary/aromatic N) is 5. The van der Waals surface area contributed by atoms with E-state index in [0.29, 0.717) is 11.8 Å². The van der Waals surface area contributed by atoms with Crippen LogP contribution in [0.3, 0.4) is 0 Å². The van der Waals surface area contributed by atoms with E-state index < -0.39 is 119 Å². The summed E-state index contributed by atoms with van der Waals surface area (Å²) >= 11 is 0.362. The van der Waals surface area contributed by atoms with Crippen molar-refractivity contribution in [3.63, 3.8) is 0 Å². The van der Waals surface area contributed by atoms with Gasteiger partial charge in [0.25, 0.3) is 0 Å². The third-order valence-corrected chi connectivity index (χ3v) is 5.83. The van der Waals surface area contributed by atoms with Crippen molar-refractivity contribution in [1.82, 2.24) is 25.0 Å². The predicted molar refractivity (Wildman–Crippen MR) is 133 cm³/mol. The van der Waals surface area contributed by atoms with Crippen LogP contribution in [-0.4, -0.2) is 83.4 Å². The number of aliphatic hydroxyl groups is 3. The fourth-order valence-electron chi connectivity index (χ4n) is 3.22. The molecule has 10 nitrogen and oxygen atoms in total. The summed E-state index contributed by atoms with van der Waals surface area (Å²) < 4.78 is 146. The zero-order valence-corrected chi connectivity index (χ0v) is 19.7. The molecule has 0 bridgehead atoms. The largest absolute Gasteiger partial charge is 0.394 e. The minimum absolute atomic E-state index is 0.0600. The standard InChI is InChI=1S/C24H31FN6O4S/c1-3-8-36-24-27-22(26-16-10-14(16)13-5-4-12(2)15(25)9-13)19-23(28-24)31(30-29-19)17-11-18(35-7-6-32)21(34)20(17)33/h4-5,9,14,16-18,20-21,32-34H,3,6-8,10-11H2,1-2H3,(H,26,27,28)/t14-,16+,17+,18-,20-,21+/m0/s1/i4D,5D,7D2,8D2,9D,11D2,14D,16D,17D,18D,20D,21D. The fraction of sp³-hybridized carbons (Fsp3) is 0.583. The summed E-state index contributed by atoms with van der Waals surface area (Å²) in [5.74, 6) is -4.01. The number of ether oxygens (including phenoxy) is 1. The quantitative estimate of drug-likeness (QED) is 0.227. The van der Waals surface area contributed by atoms with Crippen LogP contribution in [-0.2, 0) is 4.74 Å². The van der Waals surface area contributed by atoms with E-state index >= 15 is 0 Å². The Morgan fingerprint density at radius 3 is 3.00 bits per heavy atom. The molecule has 2 heterocycles. The van der Waals surface area contributed by atoms with Crippen molar-refractivity contribution >= 4 is 28.7 Å². The van der Waals surface area contributed by atoms with Gasteiger partial charge in [0.05, 0.1) is 39.0 Å². The van der Waals surface area contributed by atoms with Crippen molar-refractivity contribution in [3.05, 3.63) is 35.1 Å². The molecular weight excluding hydrogens is 487 g/mol. The summed E-state index contributed by atoms with van der Waals surface area (Å²) in [4.78, 5) is 8.22. The Hall–Kier alpha value is -2.38. The summed E-state index contributed by atoms with van der Waals surface area (Å²) in [6, 6.07) is -8.34. The molecule has 0 amide bonds. The molecule has 0 spiro atoms. The van der Waals surface area contributed by atoms with Crippen LogP contribution in [0, 0.1) is 12.7 Å². The number of hydrogen-bond acceptors (Lipinski definition) is 10. The van der Waals surface area contributed by atoms with Crippen LogP contribution in [0.5, 0.6) is 0 Å². The zero-order valence-electron chi connectivity index (χ0n) is 33.9. The van der Waals surface area contributed by atoms with E-state index in [1.807, 2.05) is 0 Å². The average molecular weight is 534 g/mol. The van der Waals surface area contributed by atoms with E-state index in [1.54, 1.807) is 0 Å². The predicted octanol–water partition coefficient (Wildman–Crippen LogP) is 2.18. The summed E-state index contributed by atoms with van der Waals surface area (Å²) in [6.45, 7) is -2.28. The van der Waals surface area contributed by atoms with E-state index in [2.05, 4.69) is 30.3 Å². The number of fused-ring (bicyclic) bond motifs is 1. The highest BCUT2D eigenvalue weighted by Gasteiger charge is 2.45.